The maximum absolute atomic E-state index is 14.2. The number of rotatable bonds is 4. The molecule has 0 radical (unpaired) electrons. The largest absolute Gasteiger partial charge is 0.363 e. The van der Waals surface area contributed by atoms with Gasteiger partial charge in [0.25, 0.3) is 5.91 Å². The molecular formula is C31H28N3O2S2+. The number of amides is 2. The monoisotopic (exact) mass is 538 g/mol. The third-order valence-corrected chi connectivity index (χ3v) is 9.24. The predicted molar refractivity (Wildman–Crippen MR) is 157 cm³/mol. The predicted octanol–water partition coefficient (Wildman–Crippen LogP) is 6.85. The standard InChI is InChI=1S/C31H27N3O2S2/c1-21-16-29(38-19-21)26-7-3-4-8-27(26)30(35)33-24-12-10-22(11-13-24)31(36)34-14-15-37-20-25(34)18-32-17-23-6-2-5-9-28(23)34/h2-5,7-13,16-19,32H,6,14-15,20H2,1H3/p+1. The van der Waals surface area contributed by atoms with Gasteiger partial charge in [0.15, 0.2) is 5.70 Å². The molecule has 190 valence electrons. The molecule has 6 rings (SSSR count). The first kappa shape index (κ1) is 24.7. The van der Waals surface area contributed by atoms with E-state index in [2.05, 4.69) is 47.2 Å². The van der Waals surface area contributed by atoms with Crippen molar-refractivity contribution in [3.05, 3.63) is 124 Å². The molecule has 1 saturated heterocycles. The lowest BCUT2D eigenvalue weighted by Crippen LogP contribution is -2.55. The maximum Gasteiger partial charge on any atom is 0.355 e. The molecule has 2 N–H and O–H groups in total. The van der Waals surface area contributed by atoms with E-state index >= 15 is 0 Å². The van der Waals surface area contributed by atoms with Crippen molar-refractivity contribution in [3.8, 4) is 10.4 Å². The highest BCUT2D eigenvalue weighted by atomic mass is 32.2. The summed E-state index contributed by atoms with van der Waals surface area (Å²) in [5.74, 6) is 1.61. The number of hydrogen-bond acceptors (Lipinski definition) is 5. The van der Waals surface area contributed by atoms with Crippen LogP contribution in [-0.4, -0.2) is 34.3 Å². The summed E-state index contributed by atoms with van der Waals surface area (Å²) in [6.07, 6.45) is 11.1. The zero-order chi connectivity index (χ0) is 26.1. The van der Waals surface area contributed by atoms with E-state index in [1.165, 1.54) is 5.56 Å². The molecule has 1 atom stereocenters. The van der Waals surface area contributed by atoms with Gasteiger partial charge >= 0.3 is 5.91 Å². The van der Waals surface area contributed by atoms with Crippen molar-refractivity contribution in [2.45, 2.75) is 13.3 Å². The fourth-order valence-corrected chi connectivity index (χ4v) is 7.29. The zero-order valence-corrected chi connectivity index (χ0v) is 22.7. The minimum absolute atomic E-state index is 0.0592. The van der Waals surface area contributed by atoms with Gasteiger partial charge in [-0.15, -0.1) is 23.1 Å². The smallest absolute Gasteiger partial charge is 0.355 e. The molecule has 2 amide bonds. The number of thioether (sulfide) groups is 1. The Hall–Kier alpha value is -3.65. The molecule has 1 aromatic heterocycles. The van der Waals surface area contributed by atoms with E-state index in [-0.39, 0.29) is 16.3 Å². The second-order valence-corrected chi connectivity index (χ2v) is 11.6. The average Bonchev–Trinajstić information content (AvgIpc) is 3.31. The number of carbonyl (C=O) groups is 2. The van der Waals surface area contributed by atoms with Crippen molar-refractivity contribution in [3.63, 3.8) is 0 Å². The number of aryl methyl sites for hydroxylation is 1. The van der Waals surface area contributed by atoms with E-state index in [1.807, 2.05) is 72.7 Å². The Balaban J connectivity index is 1.28. The first-order valence-electron chi connectivity index (χ1n) is 12.7. The molecule has 2 aromatic carbocycles. The van der Waals surface area contributed by atoms with Crippen LogP contribution >= 0.6 is 23.1 Å². The zero-order valence-electron chi connectivity index (χ0n) is 21.1. The van der Waals surface area contributed by atoms with Gasteiger partial charge in [-0.25, -0.2) is 4.79 Å². The number of thiophene rings is 1. The van der Waals surface area contributed by atoms with E-state index < -0.39 is 0 Å². The summed E-state index contributed by atoms with van der Waals surface area (Å²) < 4.78 is 0.218. The molecule has 1 aliphatic carbocycles. The quantitative estimate of drug-likeness (QED) is 0.357. The molecule has 0 spiro atoms. The van der Waals surface area contributed by atoms with Crippen LogP contribution in [-0.2, 0) is 0 Å². The molecular weight excluding hydrogens is 510 g/mol. The van der Waals surface area contributed by atoms with Crippen LogP contribution in [0.25, 0.3) is 10.4 Å². The van der Waals surface area contributed by atoms with Crippen LogP contribution in [0, 0.1) is 6.92 Å². The Morgan fingerprint density at radius 1 is 1.05 bits per heavy atom. The third kappa shape index (κ3) is 4.36. The second kappa shape index (κ2) is 10.3. The Morgan fingerprint density at radius 2 is 1.89 bits per heavy atom. The van der Waals surface area contributed by atoms with Crippen LogP contribution in [0.2, 0.25) is 0 Å². The van der Waals surface area contributed by atoms with E-state index in [0.29, 0.717) is 23.4 Å². The number of anilines is 1. The van der Waals surface area contributed by atoms with E-state index in [4.69, 9.17) is 0 Å². The van der Waals surface area contributed by atoms with E-state index in [9.17, 15) is 9.59 Å². The third-order valence-electron chi connectivity index (χ3n) is 7.19. The number of hydrogen-bond donors (Lipinski definition) is 2. The summed E-state index contributed by atoms with van der Waals surface area (Å²) in [7, 11) is 0. The van der Waals surface area contributed by atoms with Crippen LogP contribution in [0.1, 0.15) is 32.7 Å². The molecule has 0 bridgehead atoms. The molecule has 1 fully saturated rings. The van der Waals surface area contributed by atoms with Gasteiger partial charge in [0.05, 0.1) is 17.5 Å². The molecule has 38 heavy (non-hydrogen) atoms. The lowest BCUT2D eigenvalue weighted by atomic mass is 9.99. The summed E-state index contributed by atoms with van der Waals surface area (Å²) in [6, 6.07) is 17.1. The topological polar surface area (TPSA) is 58.2 Å². The fourth-order valence-electron chi connectivity index (χ4n) is 5.29. The number of carbonyl (C=O) groups excluding carboxylic acids is 2. The number of nitrogens with zero attached hydrogens (tertiary/aromatic N) is 1. The van der Waals surface area contributed by atoms with E-state index in [0.717, 1.165) is 45.3 Å². The Morgan fingerprint density at radius 3 is 2.71 bits per heavy atom. The van der Waals surface area contributed by atoms with Crippen molar-refractivity contribution < 1.29 is 14.1 Å². The van der Waals surface area contributed by atoms with Gasteiger partial charge in [0.2, 0.25) is 0 Å². The molecule has 2 aliphatic heterocycles. The number of quaternary nitrogens is 1. The summed E-state index contributed by atoms with van der Waals surface area (Å²) in [4.78, 5) is 28.6. The van der Waals surface area contributed by atoms with Crippen molar-refractivity contribution in [2.24, 2.45) is 0 Å². The van der Waals surface area contributed by atoms with Crippen LogP contribution in [0.15, 0.2) is 108 Å². The summed E-state index contributed by atoms with van der Waals surface area (Å²) >= 11 is 3.49. The Kier molecular flexibility index (Phi) is 6.66. The highest BCUT2D eigenvalue weighted by Gasteiger charge is 2.49. The summed E-state index contributed by atoms with van der Waals surface area (Å²) in [5.41, 5.74) is 7.27. The minimum atomic E-state index is -0.168. The SMILES string of the molecule is Cc1csc(-c2ccccc2C(=O)Nc2ccc(C(=O)[N+]34CCSCC3=CNC=C3CC=CC=C34)cc2)c1. The summed E-state index contributed by atoms with van der Waals surface area (Å²) in [5, 5.41) is 8.43. The number of allylic oxidation sites excluding steroid dienone is 4. The van der Waals surface area contributed by atoms with E-state index in [1.54, 1.807) is 11.3 Å². The average molecular weight is 539 g/mol. The highest BCUT2D eigenvalue weighted by Crippen LogP contribution is 2.41. The van der Waals surface area contributed by atoms with Gasteiger partial charge in [0, 0.05) is 45.3 Å². The molecule has 5 nitrogen and oxygen atoms in total. The summed E-state index contributed by atoms with van der Waals surface area (Å²) in [6.45, 7) is 2.77. The van der Waals surface area contributed by atoms with Crippen molar-refractivity contribution in [1.82, 2.24) is 5.32 Å². The maximum atomic E-state index is 14.2. The molecule has 3 aliphatic rings. The lowest BCUT2D eigenvalue weighted by molar-refractivity contribution is -0.766. The molecule has 7 heteroatoms. The van der Waals surface area contributed by atoms with Gasteiger partial charge in [0.1, 0.15) is 12.2 Å². The van der Waals surface area contributed by atoms with Crippen LogP contribution in [0.5, 0.6) is 0 Å². The minimum Gasteiger partial charge on any atom is -0.363 e. The van der Waals surface area contributed by atoms with Crippen molar-refractivity contribution in [1.29, 1.82) is 0 Å². The van der Waals surface area contributed by atoms with Crippen molar-refractivity contribution >= 4 is 40.6 Å². The second-order valence-electron chi connectivity index (χ2n) is 9.61. The Bertz CT molecular complexity index is 1550. The van der Waals surface area contributed by atoms with Crippen molar-refractivity contribution in [2.75, 3.05) is 23.4 Å². The fraction of sp³-hybridized carbons (Fsp3) is 0.161. The van der Waals surface area contributed by atoms with Gasteiger partial charge in [-0.2, -0.15) is 4.48 Å². The number of benzene rings is 2. The van der Waals surface area contributed by atoms with Gasteiger partial charge in [-0.3, -0.25) is 4.79 Å². The normalized spacial score (nSPS) is 20.1. The van der Waals surface area contributed by atoms with Gasteiger partial charge in [-0.1, -0.05) is 30.4 Å². The van der Waals surface area contributed by atoms with Crippen LogP contribution in [0.3, 0.4) is 0 Å². The first-order chi connectivity index (χ1) is 18.6. The highest BCUT2D eigenvalue weighted by molar-refractivity contribution is 7.99. The lowest BCUT2D eigenvalue weighted by Gasteiger charge is -2.41. The number of nitrogens with one attached hydrogen (secondary N) is 2. The van der Waals surface area contributed by atoms with Gasteiger partial charge in [-0.05, 0) is 60.7 Å². The number of fused-ring (bicyclic) bond motifs is 3. The molecule has 3 heterocycles. The Labute approximate surface area is 230 Å². The molecule has 1 unspecified atom stereocenters. The van der Waals surface area contributed by atoms with Crippen LogP contribution < -0.4 is 10.6 Å². The van der Waals surface area contributed by atoms with Crippen LogP contribution in [0.4, 0.5) is 5.69 Å². The molecule has 3 aromatic rings. The first-order valence-corrected chi connectivity index (χ1v) is 14.7. The molecule has 0 saturated carbocycles. The van der Waals surface area contributed by atoms with Gasteiger partial charge < -0.3 is 10.6 Å².